The predicted molar refractivity (Wildman–Crippen MR) is 72.6 cm³/mol. The first-order valence-corrected chi connectivity index (χ1v) is 8.08. The number of halogens is 2. The molecule has 1 aliphatic rings. The van der Waals surface area contributed by atoms with E-state index in [-0.39, 0.29) is 11.7 Å². The fourth-order valence-corrected chi connectivity index (χ4v) is 3.85. The molecular weight excluding hydrogens is 286 g/mol. The molecular formula is C13H18F2N2O2S. The zero-order valence-electron chi connectivity index (χ0n) is 11.3. The third kappa shape index (κ3) is 2.93. The molecule has 1 aromatic carbocycles. The molecule has 0 aromatic heterocycles. The molecule has 112 valence electrons. The monoisotopic (exact) mass is 304 g/mol. The Morgan fingerprint density at radius 2 is 1.95 bits per heavy atom. The van der Waals surface area contributed by atoms with Crippen molar-refractivity contribution in [2.24, 2.45) is 0 Å². The van der Waals surface area contributed by atoms with E-state index in [1.165, 1.54) is 4.31 Å². The van der Waals surface area contributed by atoms with Crippen molar-refractivity contribution in [3.63, 3.8) is 0 Å². The van der Waals surface area contributed by atoms with Crippen molar-refractivity contribution >= 4 is 15.7 Å². The van der Waals surface area contributed by atoms with Crippen molar-refractivity contribution in [1.29, 1.82) is 0 Å². The topological polar surface area (TPSA) is 63.4 Å². The highest BCUT2D eigenvalue weighted by atomic mass is 32.2. The summed E-state index contributed by atoms with van der Waals surface area (Å²) in [7, 11) is -3.97. The number of rotatable bonds is 6. The van der Waals surface area contributed by atoms with Crippen LogP contribution >= 0.6 is 0 Å². The van der Waals surface area contributed by atoms with Crippen molar-refractivity contribution < 1.29 is 17.2 Å². The summed E-state index contributed by atoms with van der Waals surface area (Å²) in [6.07, 6.45) is 3.10. The van der Waals surface area contributed by atoms with Gasteiger partial charge in [0.15, 0.2) is 0 Å². The minimum absolute atomic E-state index is 0.0720. The average molecular weight is 304 g/mol. The second kappa shape index (κ2) is 5.65. The lowest BCUT2D eigenvalue weighted by Gasteiger charge is -2.22. The third-order valence-electron chi connectivity index (χ3n) is 3.32. The van der Waals surface area contributed by atoms with E-state index in [0.29, 0.717) is 19.0 Å². The summed E-state index contributed by atoms with van der Waals surface area (Å²) < 4.78 is 53.3. The molecule has 2 N–H and O–H groups in total. The lowest BCUT2D eigenvalue weighted by Crippen LogP contribution is -2.34. The lowest BCUT2D eigenvalue weighted by atomic mass is 10.3. The molecule has 0 unspecified atom stereocenters. The molecule has 20 heavy (non-hydrogen) atoms. The highest BCUT2D eigenvalue weighted by molar-refractivity contribution is 7.89. The summed E-state index contributed by atoms with van der Waals surface area (Å²) in [4.78, 5) is -0.542. The maximum Gasteiger partial charge on any atom is 0.246 e. The van der Waals surface area contributed by atoms with E-state index in [2.05, 4.69) is 0 Å². The van der Waals surface area contributed by atoms with Crippen molar-refractivity contribution in [2.45, 2.75) is 43.5 Å². The Morgan fingerprint density at radius 1 is 1.30 bits per heavy atom. The number of unbranched alkanes of at least 4 members (excludes halogenated alkanes) is 1. The number of sulfonamides is 1. The number of hydrogen-bond donors (Lipinski definition) is 1. The van der Waals surface area contributed by atoms with Gasteiger partial charge < -0.3 is 5.73 Å². The number of nitrogens with zero attached hydrogens (tertiary/aromatic N) is 1. The van der Waals surface area contributed by atoms with Crippen molar-refractivity contribution in [3.8, 4) is 0 Å². The van der Waals surface area contributed by atoms with Crippen LogP contribution in [-0.4, -0.2) is 25.3 Å². The SMILES string of the molecule is CCCCN(C1CC1)S(=O)(=O)c1cc(N)c(F)cc1F. The van der Waals surface area contributed by atoms with E-state index >= 15 is 0 Å². The maximum atomic E-state index is 13.8. The molecule has 4 nitrogen and oxygen atoms in total. The number of nitrogens with two attached hydrogens (primary N) is 1. The van der Waals surface area contributed by atoms with Crippen LogP contribution in [0.1, 0.15) is 32.6 Å². The van der Waals surface area contributed by atoms with Crippen molar-refractivity contribution in [1.82, 2.24) is 4.31 Å². The van der Waals surface area contributed by atoms with Crippen LogP contribution in [0.2, 0.25) is 0 Å². The summed E-state index contributed by atoms with van der Waals surface area (Å²) in [6, 6.07) is 1.31. The van der Waals surface area contributed by atoms with Gasteiger partial charge in [-0.15, -0.1) is 0 Å². The summed E-state index contributed by atoms with van der Waals surface area (Å²) in [5.41, 5.74) is 4.99. The largest absolute Gasteiger partial charge is 0.396 e. The summed E-state index contributed by atoms with van der Waals surface area (Å²) >= 11 is 0. The smallest absolute Gasteiger partial charge is 0.246 e. The van der Waals surface area contributed by atoms with Gasteiger partial charge in [-0.25, -0.2) is 17.2 Å². The zero-order valence-corrected chi connectivity index (χ0v) is 12.1. The molecule has 0 bridgehead atoms. The fraction of sp³-hybridized carbons (Fsp3) is 0.538. The predicted octanol–water partition coefficient (Wildman–Crippen LogP) is 2.50. The molecule has 1 fully saturated rings. The number of nitrogen functional groups attached to an aromatic ring is 1. The van der Waals surface area contributed by atoms with Crippen LogP contribution in [-0.2, 0) is 10.0 Å². The van der Waals surface area contributed by atoms with Gasteiger partial charge in [0.2, 0.25) is 10.0 Å². The molecule has 1 aromatic rings. The van der Waals surface area contributed by atoms with Gasteiger partial charge in [-0.1, -0.05) is 13.3 Å². The Labute approximate surface area is 117 Å². The molecule has 1 saturated carbocycles. The van der Waals surface area contributed by atoms with Crippen molar-refractivity contribution in [3.05, 3.63) is 23.8 Å². The Morgan fingerprint density at radius 3 is 2.50 bits per heavy atom. The Bertz CT molecular complexity index is 601. The minimum Gasteiger partial charge on any atom is -0.396 e. The number of hydrogen-bond acceptors (Lipinski definition) is 3. The first kappa shape index (κ1) is 15.2. The van der Waals surface area contributed by atoms with Crippen LogP contribution in [0, 0.1) is 11.6 Å². The minimum atomic E-state index is -3.97. The van der Waals surface area contributed by atoms with Gasteiger partial charge in [-0.05, 0) is 25.3 Å². The molecule has 0 saturated heterocycles. The molecule has 0 spiro atoms. The molecule has 1 aliphatic carbocycles. The van der Waals surface area contributed by atoms with Crippen molar-refractivity contribution in [2.75, 3.05) is 12.3 Å². The van der Waals surface area contributed by atoms with Gasteiger partial charge in [0.05, 0.1) is 5.69 Å². The molecule has 0 amide bonds. The van der Waals surface area contributed by atoms with Crippen LogP contribution < -0.4 is 5.73 Å². The summed E-state index contributed by atoms with van der Waals surface area (Å²) in [6.45, 7) is 2.30. The zero-order chi connectivity index (χ0) is 14.9. The highest BCUT2D eigenvalue weighted by Gasteiger charge is 2.39. The van der Waals surface area contributed by atoms with E-state index < -0.39 is 26.6 Å². The van der Waals surface area contributed by atoms with Gasteiger partial charge in [0.25, 0.3) is 0 Å². The highest BCUT2D eigenvalue weighted by Crippen LogP contribution is 2.34. The third-order valence-corrected chi connectivity index (χ3v) is 5.29. The Hall–Kier alpha value is -1.21. The van der Waals surface area contributed by atoms with Crippen LogP contribution in [0.3, 0.4) is 0 Å². The molecule has 0 atom stereocenters. The second-order valence-electron chi connectivity index (χ2n) is 5.00. The van der Waals surface area contributed by atoms with Gasteiger partial charge >= 0.3 is 0 Å². The quantitative estimate of drug-likeness (QED) is 0.821. The molecule has 2 rings (SSSR count). The second-order valence-corrected chi connectivity index (χ2v) is 6.86. The van der Waals surface area contributed by atoms with Crippen LogP contribution in [0.4, 0.5) is 14.5 Å². The van der Waals surface area contributed by atoms with Gasteiger partial charge in [0, 0.05) is 18.7 Å². The maximum absolute atomic E-state index is 13.8. The van der Waals surface area contributed by atoms with E-state index in [4.69, 9.17) is 5.73 Å². The van der Waals surface area contributed by atoms with Crippen LogP contribution in [0.15, 0.2) is 17.0 Å². The first-order chi connectivity index (χ1) is 9.37. The lowest BCUT2D eigenvalue weighted by molar-refractivity contribution is 0.392. The molecule has 0 heterocycles. The normalized spacial score (nSPS) is 15.8. The van der Waals surface area contributed by atoms with E-state index in [1.807, 2.05) is 6.92 Å². The number of benzene rings is 1. The molecule has 0 aliphatic heterocycles. The van der Waals surface area contributed by atoms with Gasteiger partial charge in [-0.2, -0.15) is 4.31 Å². The van der Waals surface area contributed by atoms with Gasteiger partial charge in [-0.3, -0.25) is 0 Å². The average Bonchev–Trinajstić information content (AvgIpc) is 3.18. The van der Waals surface area contributed by atoms with E-state index in [0.717, 1.165) is 25.3 Å². The first-order valence-electron chi connectivity index (χ1n) is 6.64. The van der Waals surface area contributed by atoms with Crippen LogP contribution in [0.5, 0.6) is 0 Å². The number of anilines is 1. The van der Waals surface area contributed by atoms with E-state index in [9.17, 15) is 17.2 Å². The molecule has 7 heteroatoms. The standard InChI is InChI=1S/C13H18F2N2O2S/c1-2-3-6-17(9-4-5-9)20(18,19)13-8-12(16)10(14)7-11(13)15/h7-9H,2-6,16H2,1H3. The Kier molecular flexibility index (Phi) is 4.29. The molecule has 0 radical (unpaired) electrons. The summed E-state index contributed by atoms with van der Waals surface area (Å²) in [5.74, 6) is -2.05. The Balaban J connectivity index is 2.39. The van der Waals surface area contributed by atoms with E-state index in [1.54, 1.807) is 0 Å². The van der Waals surface area contributed by atoms with Gasteiger partial charge in [0.1, 0.15) is 16.5 Å². The fourth-order valence-electron chi connectivity index (χ4n) is 2.04. The summed E-state index contributed by atoms with van der Waals surface area (Å²) in [5, 5.41) is 0. The van der Waals surface area contributed by atoms with Crippen LogP contribution in [0.25, 0.3) is 0 Å².